The summed E-state index contributed by atoms with van der Waals surface area (Å²) in [4.78, 5) is 11.9. The van der Waals surface area contributed by atoms with Crippen molar-refractivity contribution in [1.29, 1.82) is 0 Å². The average Bonchev–Trinajstić information content (AvgIpc) is 2.53. The number of hydrogen-bond acceptors (Lipinski definition) is 4. The van der Waals surface area contributed by atoms with Crippen LogP contribution in [-0.2, 0) is 4.79 Å². The van der Waals surface area contributed by atoms with Gasteiger partial charge in [0.15, 0.2) is 0 Å². The lowest BCUT2D eigenvalue weighted by atomic mass is 10.2. The van der Waals surface area contributed by atoms with Crippen LogP contribution < -0.4 is 5.32 Å². The second-order valence-corrected chi connectivity index (χ2v) is 6.22. The topological polar surface area (TPSA) is 49.3 Å². The first-order chi connectivity index (χ1) is 7.97. The molecule has 2 rings (SSSR count). The van der Waals surface area contributed by atoms with Crippen LogP contribution in [0, 0.1) is 0 Å². The summed E-state index contributed by atoms with van der Waals surface area (Å²) < 4.78 is 1.12. The van der Waals surface area contributed by atoms with Gasteiger partial charge in [-0.15, -0.1) is 0 Å². The molecule has 0 spiro atoms. The number of rotatable bonds is 1. The van der Waals surface area contributed by atoms with Gasteiger partial charge in [-0.2, -0.15) is 0 Å². The van der Waals surface area contributed by atoms with Gasteiger partial charge in [0.2, 0.25) is 0 Å². The highest BCUT2D eigenvalue weighted by atomic mass is 79.9. The second kappa shape index (κ2) is 4.97. The van der Waals surface area contributed by atoms with Crippen LogP contribution in [-0.4, -0.2) is 15.3 Å². The Hall–Kier alpha value is -0.560. The van der Waals surface area contributed by atoms with Crippen LogP contribution >= 0.6 is 51.5 Å². The van der Waals surface area contributed by atoms with E-state index in [1.165, 1.54) is 0 Å². The molecule has 1 aromatic carbocycles. The van der Waals surface area contributed by atoms with Crippen molar-refractivity contribution in [3.05, 3.63) is 32.1 Å². The van der Waals surface area contributed by atoms with Gasteiger partial charge in [0.05, 0.1) is 9.93 Å². The Labute approximate surface area is 120 Å². The molecule has 0 radical (unpaired) electrons. The predicted octanol–water partition coefficient (Wildman–Crippen LogP) is 3.30. The third kappa shape index (κ3) is 2.82. The van der Waals surface area contributed by atoms with E-state index in [2.05, 4.69) is 21.2 Å². The third-order valence-electron chi connectivity index (χ3n) is 1.99. The number of phenolic OH excluding ortho intramolecular Hbond substituents is 1. The number of phenols is 1. The molecule has 7 heteroatoms. The fourth-order valence-corrected chi connectivity index (χ4v) is 3.13. The third-order valence-corrected chi connectivity index (χ3v) is 3.89. The van der Waals surface area contributed by atoms with Crippen LogP contribution in [0.2, 0.25) is 5.02 Å². The number of carbonyl (C=O) groups is 1. The molecule has 1 aromatic rings. The summed E-state index contributed by atoms with van der Waals surface area (Å²) in [6.45, 7) is 0. The lowest BCUT2D eigenvalue weighted by Crippen LogP contribution is -2.17. The quantitative estimate of drug-likeness (QED) is 0.603. The summed E-state index contributed by atoms with van der Waals surface area (Å²) in [6.07, 6.45) is 1.55. The Morgan fingerprint density at radius 3 is 2.82 bits per heavy atom. The minimum atomic E-state index is -0.268. The molecule has 0 unspecified atom stereocenters. The molecule has 88 valence electrons. The van der Waals surface area contributed by atoms with Gasteiger partial charge in [-0.25, -0.2) is 0 Å². The van der Waals surface area contributed by atoms with E-state index in [1.54, 1.807) is 18.2 Å². The molecule has 1 amide bonds. The maximum absolute atomic E-state index is 11.5. The van der Waals surface area contributed by atoms with Gasteiger partial charge in [0, 0.05) is 10.0 Å². The highest BCUT2D eigenvalue weighted by Gasteiger charge is 2.22. The van der Waals surface area contributed by atoms with Gasteiger partial charge in [-0.05, 0) is 18.2 Å². The number of benzene rings is 1. The second-order valence-electron chi connectivity index (χ2n) is 3.18. The number of nitrogens with one attached hydrogen (secondary N) is 1. The van der Waals surface area contributed by atoms with Gasteiger partial charge in [-0.3, -0.25) is 4.79 Å². The van der Waals surface area contributed by atoms with Gasteiger partial charge >= 0.3 is 0 Å². The van der Waals surface area contributed by atoms with Crippen LogP contribution in [0.4, 0.5) is 0 Å². The Bertz CT molecular complexity index is 559. The minimum absolute atomic E-state index is 0.0615. The van der Waals surface area contributed by atoms with Gasteiger partial charge in [0.1, 0.15) is 10.1 Å². The molecule has 0 bridgehead atoms. The van der Waals surface area contributed by atoms with E-state index >= 15 is 0 Å². The van der Waals surface area contributed by atoms with E-state index in [-0.39, 0.29) is 16.7 Å². The van der Waals surface area contributed by atoms with Gasteiger partial charge < -0.3 is 10.4 Å². The van der Waals surface area contributed by atoms with Crippen molar-refractivity contribution in [3.63, 3.8) is 0 Å². The van der Waals surface area contributed by atoms with E-state index in [1.807, 2.05) is 0 Å². The number of hydrogen-bond donors (Lipinski definition) is 2. The molecule has 1 heterocycles. The Kier molecular flexibility index (Phi) is 3.77. The Morgan fingerprint density at radius 1 is 1.53 bits per heavy atom. The minimum Gasteiger partial charge on any atom is -0.506 e. The lowest BCUT2D eigenvalue weighted by molar-refractivity contribution is -0.115. The molecule has 1 aliphatic heterocycles. The van der Waals surface area contributed by atoms with E-state index < -0.39 is 0 Å². The smallest absolute Gasteiger partial charge is 0.263 e. The molecule has 0 aliphatic carbocycles. The summed E-state index contributed by atoms with van der Waals surface area (Å²) in [7, 11) is 0. The molecule has 17 heavy (non-hydrogen) atoms. The van der Waals surface area contributed by atoms with E-state index in [4.69, 9.17) is 23.8 Å². The van der Waals surface area contributed by atoms with E-state index in [0.717, 1.165) is 16.2 Å². The fraction of sp³-hybridized carbons (Fsp3) is 0. The number of halogens is 2. The molecule has 0 aromatic heterocycles. The molecule has 1 fully saturated rings. The summed E-state index contributed by atoms with van der Waals surface area (Å²) in [5.74, 6) is -0.330. The van der Waals surface area contributed by atoms with Crippen molar-refractivity contribution < 1.29 is 9.90 Å². The summed E-state index contributed by atoms with van der Waals surface area (Å²) in [5.41, 5.74) is 0.465. The zero-order valence-electron chi connectivity index (χ0n) is 8.16. The SMILES string of the molecule is O=C1NC(=S)S/C1=C/c1cc(Br)cc(Cl)c1O. The monoisotopic (exact) mass is 349 g/mol. The maximum Gasteiger partial charge on any atom is 0.263 e. The highest BCUT2D eigenvalue weighted by molar-refractivity contribution is 9.10. The summed E-state index contributed by atoms with van der Waals surface area (Å²) >= 11 is 15.1. The Morgan fingerprint density at radius 2 is 2.24 bits per heavy atom. The van der Waals surface area contributed by atoms with Crippen molar-refractivity contribution in [2.45, 2.75) is 0 Å². The van der Waals surface area contributed by atoms with Crippen molar-refractivity contribution >= 4 is 67.8 Å². The first-order valence-corrected chi connectivity index (χ1v) is 6.80. The van der Waals surface area contributed by atoms with Gasteiger partial charge in [0.25, 0.3) is 5.91 Å². The number of amides is 1. The van der Waals surface area contributed by atoms with Crippen LogP contribution in [0.15, 0.2) is 21.5 Å². The van der Waals surface area contributed by atoms with E-state index in [0.29, 0.717) is 14.8 Å². The molecule has 1 aliphatic rings. The largest absolute Gasteiger partial charge is 0.506 e. The highest BCUT2D eigenvalue weighted by Crippen LogP contribution is 2.35. The van der Waals surface area contributed by atoms with Crippen LogP contribution in [0.3, 0.4) is 0 Å². The van der Waals surface area contributed by atoms with E-state index in [9.17, 15) is 9.90 Å². The maximum atomic E-state index is 11.5. The number of thiocarbonyl (C=S) groups is 1. The molecular formula is C10H5BrClNO2S2. The zero-order valence-corrected chi connectivity index (χ0v) is 12.1. The van der Waals surface area contributed by atoms with Crippen LogP contribution in [0.25, 0.3) is 6.08 Å². The predicted molar refractivity (Wildman–Crippen MR) is 77.1 cm³/mol. The van der Waals surface area contributed by atoms with Crippen molar-refractivity contribution in [2.24, 2.45) is 0 Å². The Balaban J connectivity index is 2.46. The first kappa shape index (κ1) is 12.9. The first-order valence-electron chi connectivity index (χ1n) is 4.40. The van der Waals surface area contributed by atoms with Crippen LogP contribution in [0.5, 0.6) is 5.75 Å². The molecule has 1 saturated heterocycles. The van der Waals surface area contributed by atoms with Gasteiger partial charge in [-0.1, -0.05) is 51.5 Å². The molecule has 0 atom stereocenters. The molecule has 2 N–H and O–H groups in total. The lowest BCUT2D eigenvalue weighted by Gasteiger charge is -2.03. The molecule has 3 nitrogen and oxygen atoms in total. The number of carbonyl (C=O) groups excluding carboxylic acids is 1. The van der Waals surface area contributed by atoms with Crippen molar-refractivity contribution in [2.75, 3.05) is 0 Å². The molecular weight excluding hydrogens is 346 g/mol. The zero-order chi connectivity index (χ0) is 12.6. The standard InChI is InChI=1S/C10H5BrClNO2S2/c11-5-1-4(8(14)6(12)3-5)2-7-9(15)13-10(16)17-7/h1-3,14H,(H,13,15,16)/b7-2+. The van der Waals surface area contributed by atoms with Crippen molar-refractivity contribution in [3.8, 4) is 5.75 Å². The fourth-order valence-electron chi connectivity index (χ4n) is 1.26. The number of aromatic hydroxyl groups is 1. The number of thioether (sulfide) groups is 1. The van der Waals surface area contributed by atoms with Crippen molar-refractivity contribution in [1.82, 2.24) is 5.32 Å². The average molecular weight is 351 g/mol. The summed E-state index contributed by atoms with van der Waals surface area (Å²) in [6, 6.07) is 3.24. The summed E-state index contributed by atoms with van der Waals surface area (Å²) in [5, 5.41) is 12.5. The molecule has 0 saturated carbocycles. The normalized spacial score (nSPS) is 17.6. The van der Waals surface area contributed by atoms with Crippen LogP contribution in [0.1, 0.15) is 5.56 Å².